The third kappa shape index (κ3) is 5.09. The number of nitrogens with zero attached hydrogens (tertiary/aromatic N) is 1. The van der Waals surface area contributed by atoms with Gasteiger partial charge in [0, 0.05) is 19.5 Å². The van der Waals surface area contributed by atoms with Crippen LogP contribution in [0.15, 0.2) is 4.99 Å². The first-order valence-corrected chi connectivity index (χ1v) is 4.92. The summed E-state index contributed by atoms with van der Waals surface area (Å²) in [6, 6.07) is 0. The first kappa shape index (κ1) is 11.3. The predicted molar refractivity (Wildman–Crippen MR) is 49.4 cm³/mol. The number of halogens is 3. The molecule has 0 saturated carbocycles. The number of amidine groups is 1. The van der Waals surface area contributed by atoms with Gasteiger partial charge >= 0.3 is 6.18 Å². The van der Waals surface area contributed by atoms with E-state index in [1.165, 1.54) is 0 Å². The van der Waals surface area contributed by atoms with Crippen LogP contribution in [0.5, 0.6) is 0 Å². The highest BCUT2D eigenvalue weighted by atomic mass is 19.4. The molecule has 0 aromatic rings. The van der Waals surface area contributed by atoms with E-state index >= 15 is 0 Å². The summed E-state index contributed by atoms with van der Waals surface area (Å²) in [6.07, 6.45) is -0.877. The Balaban J connectivity index is 2.20. The van der Waals surface area contributed by atoms with Gasteiger partial charge in [0.25, 0.3) is 0 Å². The summed E-state index contributed by atoms with van der Waals surface area (Å²) in [7, 11) is 0. The van der Waals surface area contributed by atoms with Gasteiger partial charge in [0.05, 0.1) is 12.3 Å². The van der Waals surface area contributed by atoms with Crippen molar-refractivity contribution in [3.05, 3.63) is 0 Å². The molecule has 1 heterocycles. The third-order valence-electron chi connectivity index (χ3n) is 2.11. The van der Waals surface area contributed by atoms with E-state index in [-0.39, 0.29) is 6.54 Å². The molecule has 0 aliphatic carbocycles. The molecule has 2 nitrogen and oxygen atoms in total. The predicted octanol–water partition coefficient (Wildman–Crippen LogP) is 2.50. The molecule has 0 bridgehead atoms. The molecule has 0 spiro atoms. The van der Waals surface area contributed by atoms with E-state index in [9.17, 15) is 13.2 Å². The second kappa shape index (κ2) is 5.22. The quantitative estimate of drug-likeness (QED) is 0.740. The van der Waals surface area contributed by atoms with Crippen molar-refractivity contribution in [2.24, 2.45) is 4.99 Å². The van der Waals surface area contributed by atoms with E-state index in [2.05, 4.69) is 10.3 Å². The first-order valence-electron chi connectivity index (χ1n) is 4.92. The molecular weight excluding hydrogens is 193 g/mol. The maximum absolute atomic E-state index is 11.8. The Bertz CT molecular complexity index is 199. The van der Waals surface area contributed by atoms with Crippen molar-refractivity contribution in [1.29, 1.82) is 0 Å². The molecule has 0 aromatic carbocycles. The molecule has 0 atom stereocenters. The molecule has 0 aromatic heterocycles. The number of alkyl halides is 3. The van der Waals surface area contributed by atoms with Crippen LogP contribution in [0.3, 0.4) is 0 Å². The number of aliphatic imine (C=N–C) groups is 1. The minimum absolute atomic E-state index is 0.0532. The van der Waals surface area contributed by atoms with Crippen molar-refractivity contribution in [3.63, 3.8) is 0 Å². The molecule has 5 heteroatoms. The minimum atomic E-state index is -4.07. The van der Waals surface area contributed by atoms with Crippen LogP contribution in [0.25, 0.3) is 0 Å². The molecule has 0 radical (unpaired) electrons. The fraction of sp³-hybridized carbons (Fsp3) is 0.889. The van der Waals surface area contributed by atoms with Gasteiger partial charge in [-0.25, -0.2) is 0 Å². The standard InChI is InChI=1S/C9H15F3N2/c10-9(11,12)5-7-14-8-4-2-1-3-6-13-8/h1-7H2,(H,13,14). The van der Waals surface area contributed by atoms with Crippen LogP contribution in [0, 0.1) is 0 Å². The van der Waals surface area contributed by atoms with Crippen LogP contribution < -0.4 is 5.32 Å². The zero-order valence-corrected chi connectivity index (χ0v) is 8.03. The third-order valence-corrected chi connectivity index (χ3v) is 2.11. The minimum Gasteiger partial charge on any atom is -0.374 e. The van der Waals surface area contributed by atoms with E-state index < -0.39 is 12.6 Å². The first-order chi connectivity index (χ1) is 6.58. The Labute approximate surface area is 81.6 Å². The van der Waals surface area contributed by atoms with Crippen LogP contribution in [-0.4, -0.2) is 25.1 Å². The SMILES string of the molecule is FC(F)(F)CCNC1=NCCCCC1. The molecule has 1 aliphatic rings. The van der Waals surface area contributed by atoms with E-state index in [1.54, 1.807) is 0 Å². The van der Waals surface area contributed by atoms with Crippen LogP contribution in [0.1, 0.15) is 32.1 Å². The Kier molecular flexibility index (Phi) is 4.22. The normalized spacial score (nSPS) is 18.6. The summed E-state index contributed by atoms with van der Waals surface area (Å²) in [5.74, 6) is 0.742. The highest BCUT2D eigenvalue weighted by molar-refractivity contribution is 5.82. The summed E-state index contributed by atoms with van der Waals surface area (Å²) in [4.78, 5) is 4.18. The second-order valence-corrected chi connectivity index (χ2v) is 3.43. The van der Waals surface area contributed by atoms with Crippen LogP contribution >= 0.6 is 0 Å². The fourth-order valence-corrected chi connectivity index (χ4v) is 1.37. The van der Waals surface area contributed by atoms with Gasteiger partial charge in [0.15, 0.2) is 0 Å². The fourth-order valence-electron chi connectivity index (χ4n) is 1.37. The van der Waals surface area contributed by atoms with Gasteiger partial charge in [0.2, 0.25) is 0 Å². The molecular formula is C9H15F3N2. The van der Waals surface area contributed by atoms with E-state index in [4.69, 9.17) is 0 Å². The summed E-state index contributed by atoms with van der Waals surface area (Å²) in [6.45, 7) is 0.691. The molecule has 0 amide bonds. The number of nitrogens with one attached hydrogen (secondary N) is 1. The Morgan fingerprint density at radius 1 is 1.21 bits per heavy atom. The zero-order chi connectivity index (χ0) is 10.4. The lowest BCUT2D eigenvalue weighted by Gasteiger charge is -2.09. The van der Waals surface area contributed by atoms with Gasteiger partial charge in [-0.05, 0) is 12.8 Å². The monoisotopic (exact) mass is 208 g/mol. The van der Waals surface area contributed by atoms with Gasteiger partial charge in [-0.3, -0.25) is 4.99 Å². The average molecular weight is 208 g/mol. The molecule has 0 unspecified atom stereocenters. The lowest BCUT2D eigenvalue weighted by Crippen LogP contribution is -2.27. The van der Waals surface area contributed by atoms with Gasteiger partial charge in [-0.15, -0.1) is 0 Å². The largest absolute Gasteiger partial charge is 0.390 e. The topological polar surface area (TPSA) is 24.4 Å². The molecule has 0 saturated heterocycles. The van der Waals surface area contributed by atoms with E-state index in [1.807, 2.05) is 0 Å². The van der Waals surface area contributed by atoms with Crippen LogP contribution in [0.4, 0.5) is 13.2 Å². The van der Waals surface area contributed by atoms with Gasteiger partial charge in [-0.2, -0.15) is 13.2 Å². The summed E-state index contributed by atoms with van der Waals surface area (Å²) in [5.41, 5.74) is 0. The van der Waals surface area contributed by atoms with E-state index in [0.717, 1.165) is 38.1 Å². The lowest BCUT2D eigenvalue weighted by atomic mass is 10.2. The average Bonchev–Trinajstić information content (AvgIpc) is 2.30. The van der Waals surface area contributed by atoms with Crippen LogP contribution in [0.2, 0.25) is 0 Å². The van der Waals surface area contributed by atoms with Crippen molar-refractivity contribution < 1.29 is 13.2 Å². The maximum Gasteiger partial charge on any atom is 0.390 e. The maximum atomic E-state index is 11.8. The van der Waals surface area contributed by atoms with Gasteiger partial charge in [0.1, 0.15) is 0 Å². The van der Waals surface area contributed by atoms with E-state index in [0.29, 0.717) is 0 Å². The van der Waals surface area contributed by atoms with Crippen LogP contribution in [-0.2, 0) is 0 Å². The highest BCUT2D eigenvalue weighted by Gasteiger charge is 2.26. The Morgan fingerprint density at radius 3 is 2.71 bits per heavy atom. The molecule has 1 rings (SSSR count). The van der Waals surface area contributed by atoms with Crippen molar-refractivity contribution in [2.75, 3.05) is 13.1 Å². The lowest BCUT2D eigenvalue weighted by molar-refractivity contribution is -0.132. The second-order valence-electron chi connectivity index (χ2n) is 3.43. The molecule has 82 valence electrons. The van der Waals surface area contributed by atoms with Gasteiger partial charge in [-0.1, -0.05) is 6.42 Å². The summed E-state index contributed by atoms with van der Waals surface area (Å²) >= 11 is 0. The Hall–Kier alpha value is -0.740. The molecule has 0 fully saturated rings. The zero-order valence-electron chi connectivity index (χ0n) is 8.03. The number of hydrogen-bond donors (Lipinski definition) is 1. The smallest absolute Gasteiger partial charge is 0.374 e. The van der Waals surface area contributed by atoms with Crippen molar-refractivity contribution in [2.45, 2.75) is 38.3 Å². The highest BCUT2D eigenvalue weighted by Crippen LogP contribution is 2.18. The molecule has 14 heavy (non-hydrogen) atoms. The summed E-state index contributed by atoms with van der Waals surface area (Å²) < 4.78 is 35.4. The van der Waals surface area contributed by atoms with Crippen molar-refractivity contribution in [3.8, 4) is 0 Å². The number of rotatable bonds is 2. The van der Waals surface area contributed by atoms with Crippen molar-refractivity contribution in [1.82, 2.24) is 5.32 Å². The summed E-state index contributed by atoms with van der Waals surface area (Å²) in [5, 5.41) is 2.75. The van der Waals surface area contributed by atoms with Crippen molar-refractivity contribution >= 4 is 5.84 Å². The molecule has 1 N–H and O–H groups in total. The number of hydrogen-bond acceptors (Lipinski definition) is 2. The molecule has 1 aliphatic heterocycles. The van der Waals surface area contributed by atoms with Gasteiger partial charge < -0.3 is 5.32 Å². The Morgan fingerprint density at radius 2 is 2.00 bits per heavy atom.